The second-order valence-electron chi connectivity index (χ2n) is 8.00. The third-order valence-corrected chi connectivity index (χ3v) is 6.30. The van der Waals surface area contributed by atoms with Crippen LogP contribution in [-0.4, -0.2) is 55.5 Å². The van der Waals surface area contributed by atoms with E-state index in [1.54, 1.807) is 0 Å². The van der Waals surface area contributed by atoms with Crippen molar-refractivity contribution in [1.29, 1.82) is 0 Å². The number of amides is 2. The van der Waals surface area contributed by atoms with Crippen LogP contribution in [0.2, 0.25) is 0 Å². The quantitative estimate of drug-likeness (QED) is 0.516. The van der Waals surface area contributed by atoms with Crippen LogP contribution in [0.1, 0.15) is 27.8 Å². The fourth-order valence-corrected chi connectivity index (χ4v) is 5.00. The molecule has 1 unspecified atom stereocenters. The number of carbonyl (C=O) groups excluding carboxylic acids is 2. The minimum atomic E-state index is -0.300. The molecule has 2 aliphatic rings. The Morgan fingerprint density at radius 1 is 1.19 bits per heavy atom. The number of H-pyrrole nitrogens is 1. The van der Waals surface area contributed by atoms with Crippen molar-refractivity contribution in [3.8, 4) is 0 Å². The average molecular weight is 428 g/mol. The van der Waals surface area contributed by atoms with Gasteiger partial charge in [0.05, 0.1) is 16.9 Å². The first-order valence-corrected chi connectivity index (χ1v) is 10.4. The lowest BCUT2D eigenvalue weighted by molar-refractivity contribution is -0.116. The Bertz CT molecular complexity index is 1360. The second kappa shape index (κ2) is 6.91. The molecule has 0 fully saturated rings. The van der Waals surface area contributed by atoms with Crippen LogP contribution < -0.4 is 10.2 Å². The van der Waals surface area contributed by atoms with Gasteiger partial charge in [-0.1, -0.05) is 35.4 Å². The number of aromatic nitrogens is 5. The summed E-state index contributed by atoms with van der Waals surface area (Å²) in [5.41, 5.74) is 4.69. The molecule has 6 rings (SSSR count). The summed E-state index contributed by atoms with van der Waals surface area (Å²) in [6, 6.07) is 15.7. The van der Waals surface area contributed by atoms with Gasteiger partial charge in [-0.3, -0.25) is 14.9 Å². The fraction of sp³-hybridized carbons (Fsp3) is 0.227. The third kappa shape index (κ3) is 2.62. The first kappa shape index (κ1) is 18.6. The molecule has 1 atom stereocenters. The third-order valence-electron chi connectivity index (χ3n) is 6.30. The topological polar surface area (TPSA) is 112 Å². The highest BCUT2D eigenvalue weighted by Crippen LogP contribution is 2.44. The first-order chi connectivity index (χ1) is 15.6. The van der Waals surface area contributed by atoms with Gasteiger partial charge in [0.15, 0.2) is 0 Å². The van der Waals surface area contributed by atoms with E-state index in [2.05, 4.69) is 36.9 Å². The number of hydrogen-bond donors (Lipinski definition) is 2. The number of hydrogen-bond acceptors (Lipinski definition) is 6. The molecule has 0 radical (unpaired) electrons. The van der Waals surface area contributed by atoms with E-state index < -0.39 is 0 Å². The Kier molecular flexibility index (Phi) is 4.00. The molecule has 32 heavy (non-hydrogen) atoms. The van der Waals surface area contributed by atoms with Crippen molar-refractivity contribution < 1.29 is 9.59 Å². The van der Waals surface area contributed by atoms with Crippen molar-refractivity contribution in [1.82, 2.24) is 30.1 Å². The average Bonchev–Trinajstić information content (AvgIpc) is 3.43. The molecule has 4 heterocycles. The molecule has 0 saturated carbocycles. The number of fused-ring (bicyclic) bond motifs is 6. The van der Waals surface area contributed by atoms with Crippen molar-refractivity contribution >= 4 is 34.4 Å². The van der Waals surface area contributed by atoms with Crippen molar-refractivity contribution in [3.05, 3.63) is 65.4 Å². The molecule has 0 aliphatic carbocycles. The molecule has 2 aromatic carbocycles. The van der Waals surface area contributed by atoms with Gasteiger partial charge >= 0.3 is 0 Å². The summed E-state index contributed by atoms with van der Waals surface area (Å²) in [6.45, 7) is 0.691. The highest BCUT2D eigenvalue weighted by atomic mass is 16.2. The summed E-state index contributed by atoms with van der Waals surface area (Å²) in [4.78, 5) is 30.2. The zero-order valence-corrected chi connectivity index (χ0v) is 17.3. The highest BCUT2D eigenvalue weighted by Gasteiger charge is 2.42. The van der Waals surface area contributed by atoms with Crippen LogP contribution in [0, 0.1) is 0 Å². The molecule has 10 nitrogen and oxygen atoms in total. The number of carbonyl (C=O) groups is 2. The van der Waals surface area contributed by atoms with E-state index in [0.29, 0.717) is 12.1 Å². The Hall–Kier alpha value is -4.21. The smallest absolute Gasteiger partial charge is 0.269 e. The summed E-state index contributed by atoms with van der Waals surface area (Å²) in [5.74, 6) is -0.125. The number of rotatable bonds is 3. The highest BCUT2D eigenvalue weighted by molar-refractivity contribution is 6.02. The number of para-hydroxylation sites is 2. The molecule has 0 spiro atoms. The van der Waals surface area contributed by atoms with Crippen molar-refractivity contribution in [2.24, 2.45) is 0 Å². The van der Waals surface area contributed by atoms with Gasteiger partial charge in [0.25, 0.3) is 11.9 Å². The van der Waals surface area contributed by atoms with E-state index in [-0.39, 0.29) is 30.5 Å². The predicted octanol–water partition coefficient (Wildman–Crippen LogP) is 1.94. The molecule has 2 aliphatic heterocycles. The van der Waals surface area contributed by atoms with Gasteiger partial charge in [-0.15, -0.1) is 5.10 Å². The fourth-order valence-electron chi connectivity index (χ4n) is 5.00. The lowest BCUT2D eigenvalue weighted by Crippen LogP contribution is -2.51. The van der Waals surface area contributed by atoms with E-state index in [1.807, 2.05) is 59.0 Å². The van der Waals surface area contributed by atoms with E-state index in [1.165, 1.54) is 5.56 Å². The molecule has 10 heteroatoms. The second-order valence-corrected chi connectivity index (χ2v) is 8.00. The zero-order chi connectivity index (χ0) is 21.8. The number of aromatic amines is 1. The van der Waals surface area contributed by atoms with Crippen molar-refractivity contribution in [2.75, 3.05) is 23.8 Å². The molecule has 2 amide bonds. The zero-order valence-electron chi connectivity index (χ0n) is 17.3. The lowest BCUT2D eigenvalue weighted by Gasteiger charge is -2.46. The minimum Gasteiger partial charge on any atom is -0.349 e. The number of nitrogens with one attached hydrogen (secondary N) is 2. The van der Waals surface area contributed by atoms with E-state index in [4.69, 9.17) is 0 Å². The molecule has 2 aromatic heterocycles. The summed E-state index contributed by atoms with van der Waals surface area (Å²) < 4.78 is 2.01. The van der Waals surface area contributed by atoms with E-state index >= 15 is 0 Å². The van der Waals surface area contributed by atoms with Crippen LogP contribution in [0.5, 0.6) is 0 Å². The molecule has 2 N–H and O–H groups in total. The van der Waals surface area contributed by atoms with Gasteiger partial charge in [0.1, 0.15) is 12.7 Å². The molecular formula is C22H20N8O2. The van der Waals surface area contributed by atoms with Gasteiger partial charge in [-0.05, 0) is 35.4 Å². The Balaban J connectivity index is 1.50. The van der Waals surface area contributed by atoms with Gasteiger partial charge in [0.2, 0.25) is 5.91 Å². The predicted molar refractivity (Wildman–Crippen MR) is 117 cm³/mol. The van der Waals surface area contributed by atoms with Crippen LogP contribution in [0.4, 0.5) is 11.6 Å². The van der Waals surface area contributed by atoms with Gasteiger partial charge in [-0.25, -0.2) is 0 Å². The minimum absolute atomic E-state index is 0.0161. The first-order valence-electron chi connectivity index (χ1n) is 10.4. The Morgan fingerprint density at radius 2 is 2.00 bits per heavy atom. The standard InChI is InChI=1S/C22H20N8O2/c1-28-16-8-4-3-7-15(16)21(32)29-11-10-14-13-6-2-5-9-17(13)30(19(14)20(28)29)12-18(31)23-22-24-26-27-25-22/h2-9,20H,10-12H2,1H3,(H2,23,24,25,26,27,31). The van der Waals surface area contributed by atoms with Crippen molar-refractivity contribution in [3.63, 3.8) is 0 Å². The molecule has 0 saturated heterocycles. The van der Waals surface area contributed by atoms with E-state index in [9.17, 15) is 9.59 Å². The number of anilines is 2. The van der Waals surface area contributed by atoms with Gasteiger partial charge < -0.3 is 14.4 Å². The van der Waals surface area contributed by atoms with Gasteiger partial charge in [-0.2, -0.15) is 5.21 Å². The molecule has 4 aromatic rings. The summed E-state index contributed by atoms with van der Waals surface area (Å²) in [6.07, 6.45) is 0.430. The maximum Gasteiger partial charge on any atom is 0.269 e. The normalized spacial score (nSPS) is 17.2. The van der Waals surface area contributed by atoms with Crippen molar-refractivity contribution in [2.45, 2.75) is 19.1 Å². The van der Waals surface area contributed by atoms with Crippen LogP contribution >= 0.6 is 0 Å². The lowest BCUT2D eigenvalue weighted by atomic mass is 9.96. The van der Waals surface area contributed by atoms with Crippen LogP contribution in [0.25, 0.3) is 10.9 Å². The maximum atomic E-state index is 13.4. The Morgan fingerprint density at radius 3 is 2.84 bits per heavy atom. The number of benzene rings is 2. The molecular weight excluding hydrogens is 408 g/mol. The van der Waals surface area contributed by atoms with Crippen LogP contribution in [-0.2, 0) is 17.8 Å². The summed E-state index contributed by atoms with van der Waals surface area (Å²) in [5, 5.41) is 17.2. The maximum absolute atomic E-state index is 13.4. The van der Waals surface area contributed by atoms with Gasteiger partial charge in [0, 0.05) is 24.5 Å². The monoisotopic (exact) mass is 428 g/mol. The summed E-state index contributed by atoms with van der Waals surface area (Å²) in [7, 11) is 2.00. The van der Waals surface area contributed by atoms with Crippen LogP contribution in [0.15, 0.2) is 48.5 Å². The van der Waals surface area contributed by atoms with Crippen LogP contribution in [0.3, 0.4) is 0 Å². The number of nitrogens with zero attached hydrogens (tertiary/aromatic N) is 6. The SMILES string of the molecule is CN1c2ccccc2C(=O)N2CCc3c(n(CC(=O)Nc4nn[nH]n4)c4ccccc34)C21. The largest absolute Gasteiger partial charge is 0.349 e. The molecule has 0 bridgehead atoms. The summed E-state index contributed by atoms with van der Waals surface area (Å²) >= 11 is 0. The molecule has 160 valence electrons. The Labute approximate surface area is 182 Å². The number of tetrazole rings is 1. The van der Waals surface area contributed by atoms with E-state index in [0.717, 1.165) is 28.7 Å².